The Hall–Kier alpha value is -1.84. The van der Waals surface area contributed by atoms with Gasteiger partial charge in [-0.2, -0.15) is 0 Å². The van der Waals surface area contributed by atoms with Crippen LogP contribution in [0.15, 0.2) is 34.5 Å². The Morgan fingerprint density at radius 1 is 1.57 bits per heavy atom. The van der Waals surface area contributed by atoms with E-state index < -0.39 is 5.69 Å². The van der Waals surface area contributed by atoms with Gasteiger partial charge in [-0.25, -0.2) is 4.79 Å². The van der Waals surface area contributed by atoms with Gasteiger partial charge in [0.05, 0.1) is 0 Å². The van der Waals surface area contributed by atoms with Crippen molar-refractivity contribution in [2.75, 3.05) is 0 Å². The molecule has 1 heterocycles. The number of hydrogen-bond donors (Lipinski definition) is 1. The number of aryl methyl sites for hydroxylation is 1. The van der Waals surface area contributed by atoms with Crippen LogP contribution in [-0.4, -0.2) is 9.55 Å². The van der Waals surface area contributed by atoms with Gasteiger partial charge < -0.3 is 0 Å². The highest BCUT2D eigenvalue weighted by molar-refractivity contribution is 5.53. The van der Waals surface area contributed by atoms with Crippen molar-refractivity contribution in [2.45, 2.75) is 13.8 Å². The molecule has 0 unspecified atom stereocenters. The Labute approximate surface area is 81.2 Å². The summed E-state index contributed by atoms with van der Waals surface area (Å²) in [5.41, 5.74) is 0.176. The average Bonchev–Trinajstić information content (AvgIpc) is 2.11. The molecule has 1 N–H and O–H groups in total. The molecule has 0 bridgehead atoms. The van der Waals surface area contributed by atoms with Gasteiger partial charge in [0.15, 0.2) is 0 Å². The molecule has 1 aromatic heterocycles. The number of nitrogens with one attached hydrogen (secondary N) is 1. The van der Waals surface area contributed by atoms with Crippen LogP contribution >= 0.6 is 0 Å². The van der Waals surface area contributed by atoms with E-state index in [9.17, 15) is 9.59 Å². The summed E-state index contributed by atoms with van der Waals surface area (Å²) < 4.78 is 1.30. The fourth-order valence-corrected chi connectivity index (χ4v) is 1.05. The number of aromatic nitrogens is 2. The van der Waals surface area contributed by atoms with E-state index in [0.29, 0.717) is 11.3 Å². The van der Waals surface area contributed by atoms with E-state index >= 15 is 0 Å². The minimum atomic E-state index is -0.469. The van der Waals surface area contributed by atoms with Crippen molar-refractivity contribution in [3.8, 4) is 0 Å². The van der Waals surface area contributed by atoms with Gasteiger partial charge in [0, 0.05) is 17.5 Å². The number of rotatable bonds is 2. The Balaban J connectivity index is 3.37. The normalized spacial score (nSPS) is 10.7. The molecule has 0 spiro atoms. The lowest BCUT2D eigenvalue weighted by molar-refractivity contribution is 0.902. The maximum atomic E-state index is 11.3. The number of allylic oxidation sites excluding steroid dienone is 3. The van der Waals surface area contributed by atoms with E-state index in [1.165, 1.54) is 10.8 Å². The zero-order valence-corrected chi connectivity index (χ0v) is 8.20. The van der Waals surface area contributed by atoms with Crippen LogP contribution in [0.25, 0.3) is 5.70 Å². The van der Waals surface area contributed by atoms with E-state index in [-0.39, 0.29) is 5.56 Å². The molecule has 0 aliphatic rings. The molecule has 0 aliphatic carbocycles. The van der Waals surface area contributed by atoms with Gasteiger partial charge in [-0.3, -0.25) is 14.3 Å². The molecular weight excluding hydrogens is 180 g/mol. The molecule has 0 aliphatic heterocycles. The molecule has 0 atom stereocenters. The highest BCUT2D eigenvalue weighted by Crippen LogP contribution is 1.98. The summed E-state index contributed by atoms with van der Waals surface area (Å²) in [7, 11) is 0. The first-order valence-electron chi connectivity index (χ1n) is 4.21. The smallest absolute Gasteiger partial charge is 0.273 e. The summed E-state index contributed by atoms with van der Waals surface area (Å²) in [4.78, 5) is 24.6. The maximum absolute atomic E-state index is 11.3. The van der Waals surface area contributed by atoms with Gasteiger partial charge in [-0.1, -0.05) is 12.7 Å². The molecule has 0 radical (unpaired) electrons. The third-order valence-corrected chi connectivity index (χ3v) is 1.79. The minimum absolute atomic E-state index is 0.362. The zero-order chi connectivity index (χ0) is 10.7. The van der Waals surface area contributed by atoms with Crippen LogP contribution in [0.3, 0.4) is 0 Å². The Kier molecular flexibility index (Phi) is 2.86. The molecule has 4 nitrogen and oxygen atoms in total. The fraction of sp³-hybridized carbons (Fsp3) is 0.200. The van der Waals surface area contributed by atoms with Gasteiger partial charge in [-0.05, 0) is 19.9 Å². The number of aromatic amines is 1. The predicted molar refractivity (Wildman–Crippen MR) is 56.2 cm³/mol. The van der Waals surface area contributed by atoms with E-state index in [4.69, 9.17) is 0 Å². The second-order valence-corrected chi connectivity index (χ2v) is 2.93. The van der Waals surface area contributed by atoms with Crippen molar-refractivity contribution in [1.29, 1.82) is 0 Å². The SMILES string of the molecule is C=C(C=CC)n1cc(C)c(=O)[nH]c1=O. The molecule has 0 fully saturated rings. The number of H-pyrrole nitrogens is 1. The van der Waals surface area contributed by atoms with Crippen LogP contribution in [0.1, 0.15) is 12.5 Å². The molecule has 1 aromatic rings. The monoisotopic (exact) mass is 192 g/mol. The lowest BCUT2D eigenvalue weighted by Crippen LogP contribution is -2.29. The van der Waals surface area contributed by atoms with E-state index in [1.807, 2.05) is 6.92 Å². The maximum Gasteiger partial charge on any atom is 0.332 e. The molecule has 74 valence electrons. The molecule has 1 rings (SSSR count). The van der Waals surface area contributed by atoms with Crippen LogP contribution in [0, 0.1) is 6.92 Å². The Morgan fingerprint density at radius 2 is 2.21 bits per heavy atom. The van der Waals surface area contributed by atoms with Crippen LogP contribution < -0.4 is 11.2 Å². The quantitative estimate of drug-likeness (QED) is 0.707. The summed E-state index contributed by atoms with van der Waals surface area (Å²) in [6.45, 7) is 7.17. The lowest BCUT2D eigenvalue weighted by atomic mass is 10.3. The molecule has 0 saturated heterocycles. The van der Waals surface area contributed by atoms with Gasteiger partial charge >= 0.3 is 5.69 Å². The summed E-state index contributed by atoms with van der Waals surface area (Å²) in [5.74, 6) is 0. The van der Waals surface area contributed by atoms with Crippen LogP contribution in [0.4, 0.5) is 0 Å². The van der Waals surface area contributed by atoms with Crippen LogP contribution in [0.2, 0.25) is 0 Å². The number of hydrogen-bond acceptors (Lipinski definition) is 2. The third-order valence-electron chi connectivity index (χ3n) is 1.79. The van der Waals surface area contributed by atoms with Crippen LogP contribution in [0.5, 0.6) is 0 Å². The van der Waals surface area contributed by atoms with E-state index in [1.54, 1.807) is 19.1 Å². The summed E-state index contributed by atoms with van der Waals surface area (Å²) in [5, 5.41) is 0. The molecular formula is C10H12N2O2. The van der Waals surface area contributed by atoms with Crippen molar-refractivity contribution >= 4 is 5.70 Å². The summed E-state index contributed by atoms with van der Waals surface area (Å²) in [6, 6.07) is 0. The van der Waals surface area contributed by atoms with Gasteiger partial charge in [0.25, 0.3) is 5.56 Å². The van der Waals surface area contributed by atoms with Crippen molar-refractivity contribution in [1.82, 2.24) is 9.55 Å². The predicted octanol–water partition coefficient (Wildman–Crippen LogP) is 0.892. The third kappa shape index (κ3) is 1.90. The highest BCUT2D eigenvalue weighted by atomic mass is 16.2. The van der Waals surface area contributed by atoms with Crippen molar-refractivity contribution in [3.05, 3.63) is 51.3 Å². The first-order chi connectivity index (χ1) is 6.56. The second kappa shape index (κ2) is 3.91. The van der Waals surface area contributed by atoms with Crippen molar-refractivity contribution < 1.29 is 0 Å². The van der Waals surface area contributed by atoms with Crippen LogP contribution in [-0.2, 0) is 0 Å². The summed E-state index contributed by atoms with van der Waals surface area (Å²) >= 11 is 0. The van der Waals surface area contributed by atoms with Gasteiger partial charge in [-0.15, -0.1) is 0 Å². The molecule has 0 saturated carbocycles. The molecule has 0 aromatic carbocycles. The first-order valence-corrected chi connectivity index (χ1v) is 4.21. The molecule has 4 heteroatoms. The molecule has 14 heavy (non-hydrogen) atoms. The second-order valence-electron chi connectivity index (χ2n) is 2.93. The first kappa shape index (κ1) is 10.2. The largest absolute Gasteiger partial charge is 0.332 e. The zero-order valence-electron chi connectivity index (χ0n) is 8.20. The topological polar surface area (TPSA) is 54.9 Å². The molecule has 0 amide bonds. The van der Waals surface area contributed by atoms with Crippen molar-refractivity contribution in [3.63, 3.8) is 0 Å². The van der Waals surface area contributed by atoms with E-state index in [2.05, 4.69) is 11.6 Å². The lowest BCUT2D eigenvalue weighted by Gasteiger charge is -2.04. The van der Waals surface area contributed by atoms with E-state index in [0.717, 1.165) is 0 Å². The fourth-order valence-electron chi connectivity index (χ4n) is 1.05. The van der Waals surface area contributed by atoms with Gasteiger partial charge in [0.1, 0.15) is 0 Å². The minimum Gasteiger partial charge on any atom is -0.273 e. The average molecular weight is 192 g/mol. The Bertz CT molecular complexity index is 492. The van der Waals surface area contributed by atoms with Gasteiger partial charge in [0.2, 0.25) is 0 Å². The highest BCUT2D eigenvalue weighted by Gasteiger charge is 2.00. The number of nitrogens with zero attached hydrogens (tertiary/aromatic N) is 1. The standard InChI is InChI=1S/C10H12N2O2/c1-4-5-8(3)12-6-7(2)9(13)11-10(12)14/h4-6H,3H2,1-2H3,(H,11,13,14). The summed E-state index contributed by atoms with van der Waals surface area (Å²) in [6.07, 6.45) is 4.94. The Morgan fingerprint density at radius 3 is 2.79 bits per heavy atom. The van der Waals surface area contributed by atoms with Crippen molar-refractivity contribution in [2.24, 2.45) is 0 Å².